The molecule has 23 heavy (non-hydrogen) atoms. The number of aliphatic hydroxyl groups is 1. The van der Waals surface area contributed by atoms with Gasteiger partial charge in [-0.3, -0.25) is 0 Å². The van der Waals surface area contributed by atoms with E-state index in [0.29, 0.717) is 18.8 Å². The first-order valence-corrected chi connectivity index (χ1v) is 7.46. The standard InChI is InChI=1S/C18H21N2O3/c19-18(22)23-17-8-4-7-15(11-17)12-20-13-16(21)10-9-14-5-2-1-3-6-14/h1-8,10-11,16,20-21H,9,12-13H2,(H2,19,22)/t16-/m1/s1. The number of amides is 1. The molecule has 0 fully saturated rings. The van der Waals surface area contributed by atoms with Gasteiger partial charge in [-0.2, -0.15) is 0 Å². The van der Waals surface area contributed by atoms with Gasteiger partial charge in [-0.05, 0) is 36.1 Å². The molecule has 0 aliphatic rings. The quantitative estimate of drug-likeness (QED) is 0.696. The van der Waals surface area contributed by atoms with Gasteiger partial charge in [0.15, 0.2) is 0 Å². The van der Waals surface area contributed by atoms with E-state index in [-0.39, 0.29) is 0 Å². The van der Waals surface area contributed by atoms with Gasteiger partial charge in [0.2, 0.25) is 0 Å². The summed E-state index contributed by atoms with van der Waals surface area (Å²) in [5.41, 5.74) is 7.09. The predicted molar refractivity (Wildman–Crippen MR) is 88.8 cm³/mol. The molecule has 1 radical (unpaired) electrons. The van der Waals surface area contributed by atoms with Crippen LogP contribution in [-0.4, -0.2) is 23.8 Å². The number of ether oxygens (including phenoxy) is 1. The van der Waals surface area contributed by atoms with Gasteiger partial charge >= 0.3 is 6.09 Å². The summed E-state index contributed by atoms with van der Waals surface area (Å²) in [5.74, 6) is 0.410. The van der Waals surface area contributed by atoms with E-state index in [9.17, 15) is 9.90 Å². The average molecular weight is 313 g/mol. The molecule has 121 valence electrons. The lowest BCUT2D eigenvalue weighted by Crippen LogP contribution is -2.27. The molecule has 0 saturated carbocycles. The monoisotopic (exact) mass is 313 g/mol. The summed E-state index contributed by atoms with van der Waals surface area (Å²) in [7, 11) is 0. The molecule has 0 heterocycles. The number of carbonyl (C=O) groups is 1. The molecular weight excluding hydrogens is 292 g/mol. The van der Waals surface area contributed by atoms with Gasteiger partial charge in [0.1, 0.15) is 5.75 Å². The van der Waals surface area contributed by atoms with Gasteiger partial charge in [-0.1, -0.05) is 42.5 Å². The molecule has 0 unspecified atom stereocenters. The maximum atomic E-state index is 10.7. The van der Waals surface area contributed by atoms with Crippen LogP contribution in [0.2, 0.25) is 0 Å². The molecule has 1 atom stereocenters. The van der Waals surface area contributed by atoms with E-state index in [1.54, 1.807) is 18.2 Å². The maximum Gasteiger partial charge on any atom is 0.409 e. The Morgan fingerprint density at radius 2 is 1.91 bits per heavy atom. The number of rotatable bonds is 8. The molecular formula is C18H21N2O3. The van der Waals surface area contributed by atoms with Crippen LogP contribution in [0.3, 0.4) is 0 Å². The second kappa shape index (κ2) is 8.92. The number of nitrogens with one attached hydrogen (secondary N) is 1. The lowest BCUT2D eigenvalue weighted by Gasteiger charge is -2.12. The van der Waals surface area contributed by atoms with Gasteiger partial charge in [0.25, 0.3) is 0 Å². The highest BCUT2D eigenvalue weighted by molar-refractivity contribution is 5.68. The van der Waals surface area contributed by atoms with Crippen LogP contribution in [0.4, 0.5) is 4.79 Å². The van der Waals surface area contributed by atoms with Crippen LogP contribution in [-0.2, 0) is 13.0 Å². The summed E-state index contributed by atoms with van der Waals surface area (Å²) in [4.78, 5) is 10.7. The van der Waals surface area contributed by atoms with Crippen LogP contribution in [0.1, 0.15) is 11.1 Å². The zero-order valence-electron chi connectivity index (χ0n) is 12.8. The maximum absolute atomic E-state index is 10.7. The molecule has 2 aromatic carbocycles. The lowest BCUT2D eigenvalue weighted by atomic mass is 10.1. The zero-order valence-corrected chi connectivity index (χ0v) is 12.8. The number of aliphatic hydroxyl groups excluding tert-OH is 1. The van der Waals surface area contributed by atoms with Crippen LogP contribution in [0, 0.1) is 6.42 Å². The van der Waals surface area contributed by atoms with Crippen LogP contribution >= 0.6 is 0 Å². The zero-order chi connectivity index (χ0) is 16.5. The minimum Gasteiger partial charge on any atom is -0.410 e. The van der Waals surface area contributed by atoms with Crippen molar-refractivity contribution in [3.8, 4) is 5.75 Å². The summed E-state index contributed by atoms with van der Waals surface area (Å²) in [6.45, 7) is 1.01. The Hall–Kier alpha value is -2.37. The largest absolute Gasteiger partial charge is 0.410 e. The van der Waals surface area contributed by atoms with Crippen LogP contribution in [0.15, 0.2) is 54.6 Å². The van der Waals surface area contributed by atoms with E-state index in [1.165, 1.54) is 5.56 Å². The van der Waals surface area contributed by atoms with E-state index in [1.807, 2.05) is 42.8 Å². The molecule has 0 bridgehead atoms. The van der Waals surface area contributed by atoms with E-state index in [2.05, 4.69) is 5.32 Å². The highest BCUT2D eigenvalue weighted by Crippen LogP contribution is 2.13. The third-order valence-corrected chi connectivity index (χ3v) is 3.27. The number of carbonyl (C=O) groups excluding carboxylic acids is 1. The van der Waals surface area contributed by atoms with Gasteiger partial charge < -0.3 is 20.9 Å². The summed E-state index contributed by atoms with van der Waals surface area (Å²) >= 11 is 0. The summed E-state index contributed by atoms with van der Waals surface area (Å²) in [6, 6.07) is 17.1. The van der Waals surface area contributed by atoms with Gasteiger partial charge in [0.05, 0.1) is 6.10 Å². The fraction of sp³-hybridized carbons (Fsp3) is 0.222. The van der Waals surface area contributed by atoms with Gasteiger partial charge in [-0.15, -0.1) is 0 Å². The highest BCUT2D eigenvalue weighted by Gasteiger charge is 2.05. The van der Waals surface area contributed by atoms with E-state index >= 15 is 0 Å². The lowest BCUT2D eigenvalue weighted by molar-refractivity contribution is 0.200. The minimum absolute atomic E-state index is 0.410. The van der Waals surface area contributed by atoms with Gasteiger partial charge in [0, 0.05) is 13.1 Å². The molecule has 0 spiro atoms. The van der Waals surface area contributed by atoms with Crippen molar-refractivity contribution < 1.29 is 14.6 Å². The molecule has 5 heteroatoms. The molecule has 4 N–H and O–H groups in total. The van der Waals surface area contributed by atoms with Crippen molar-refractivity contribution in [2.24, 2.45) is 5.73 Å². The first kappa shape index (κ1) is 17.0. The SMILES string of the molecule is NC(=O)Oc1cccc(CNC[C@H](O)[CH]Cc2ccccc2)c1. The van der Waals surface area contributed by atoms with E-state index in [4.69, 9.17) is 10.5 Å². The topological polar surface area (TPSA) is 84.6 Å². The minimum atomic E-state index is -0.832. The first-order chi connectivity index (χ1) is 11.1. The molecule has 0 aliphatic heterocycles. The summed E-state index contributed by atoms with van der Waals surface area (Å²) < 4.78 is 4.83. The van der Waals surface area contributed by atoms with Crippen molar-refractivity contribution in [1.29, 1.82) is 0 Å². The van der Waals surface area contributed by atoms with Crippen molar-refractivity contribution in [1.82, 2.24) is 5.32 Å². The third kappa shape index (κ3) is 6.50. The molecule has 0 aromatic heterocycles. The smallest absolute Gasteiger partial charge is 0.409 e. The van der Waals surface area contributed by atoms with Crippen LogP contribution in [0.5, 0.6) is 5.75 Å². The summed E-state index contributed by atoms with van der Waals surface area (Å²) in [5, 5.41) is 13.1. The number of primary amides is 1. The average Bonchev–Trinajstić information content (AvgIpc) is 2.54. The first-order valence-electron chi connectivity index (χ1n) is 7.46. The Labute approximate surface area is 136 Å². The third-order valence-electron chi connectivity index (χ3n) is 3.27. The Morgan fingerprint density at radius 3 is 2.65 bits per heavy atom. The van der Waals surface area contributed by atoms with Crippen molar-refractivity contribution >= 4 is 6.09 Å². The molecule has 5 nitrogen and oxygen atoms in total. The highest BCUT2D eigenvalue weighted by atomic mass is 16.5. The molecule has 2 aromatic rings. The Bertz CT molecular complexity index is 617. The molecule has 2 rings (SSSR count). The Balaban J connectivity index is 1.71. The molecule has 0 aliphatic carbocycles. The molecule has 0 saturated heterocycles. The van der Waals surface area contributed by atoms with Crippen LogP contribution in [0.25, 0.3) is 0 Å². The van der Waals surface area contributed by atoms with Crippen molar-refractivity contribution in [3.63, 3.8) is 0 Å². The molecule has 1 amide bonds. The number of nitrogens with two attached hydrogens (primary N) is 1. The second-order valence-electron chi connectivity index (χ2n) is 5.19. The van der Waals surface area contributed by atoms with Crippen molar-refractivity contribution in [3.05, 3.63) is 72.1 Å². The number of hydrogen-bond acceptors (Lipinski definition) is 4. The normalized spacial score (nSPS) is 11.9. The number of hydrogen-bond donors (Lipinski definition) is 3. The Morgan fingerprint density at radius 1 is 1.17 bits per heavy atom. The number of benzene rings is 2. The summed E-state index contributed by atoms with van der Waals surface area (Å²) in [6.07, 6.45) is 1.24. The Kier molecular flexibility index (Phi) is 6.59. The van der Waals surface area contributed by atoms with Gasteiger partial charge in [-0.25, -0.2) is 4.79 Å². The predicted octanol–water partition coefficient (Wildman–Crippen LogP) is 2.04. The second-order valence-corrected chi connectivity index (χ2v) is 5.19. The van der Waals surface area contributed by atoms with E-state index in [0.717, 1.165) is 12.0 Å². The van der Waals surface area contributed by atoms with Crippen LogP contribution < -0.4 is 15.8 Å². The van der Waals surface area contributed by atoms with E-state index < -0.39 is 12.2 Å². The van der Waals surface area contributed by atoms with Crippen molar-refractivity contribution in [2.45, 2.75) is 19.1 Å². The fourth-order valence-corrected chi connectivity index (χ4v) is 2.17. The fourth-order valence-electron chi connectivity index (χ4n) is 2.17. The van der Waals surface area contributed by atoms with Crippen molar-refractivity contribution in [2.75, 3.05) is 6.54 Å².